The van der Waals surface area contributed by atoms with E-state index in [1.54, 1.807) is 6.33 Å². The van der Waals surface area contributed by atoms with Gasteiger partial charge in [0.1, 0.15) is 12.2 Å². The second-order valence-electron chi connectivity index (χ2n) is 6.09. The van der Waals surface area contributed by atoms with Gasteiger partial charge in [-0.3, -0.25) is 0 Å². The molecule has 0 aliphatic rings. The molecule has 1 aromatic heterocycles. The molecule has 0 aromatic carbocycles. The summed E-state index contributed by atoms with van der Waals surface area (Å²) in [4.78, 5) is 4.33. The van der Waals surface area contributed by atoms with Crippen molar-refractivity contribution in [3.8, 4) is 0 Å². The molecule has 1 aromatic rings. The van der Waals surface area contributed by atoms with Crippen molar-refractivity contribution in [2.24, 2.45) is 5.73 Å². The molecule has 1 unspecified atom stereocenters. The highest BCUT2D eigenvalue weighted by atomic mass is 15.3. The Morgan fingerprint density at radius 3 is 2.40 bits per heavy atom. The highest BCUT2D eigenvalue weighted by Gasteiger charge is 2.11. The lowest BCUT2D eigenvalue weighted by Crippen LogP contribution is -2.25. The first-order valence-corrected chi connectivity index (χ1v) is 8.29. The van der Waals surface area contributed by atoms with E-state index in [4.69, 9.17) is 5.73 Å². The third-order valence-electron chi connectivity index (χ3n) is 3.76. The Kier molecular flexibility index (Phi) is 8.51. The van der Waals surface area contributed by atoms with Crippen LogP contribution in [-0.2, 0) is 6.42 Å². The van der Waals surface area contributed by atoms with Crippen LogP contribution in [0, 0.1) is 0 Å². The summed E-state index contributed by atoms with van der Waals surface area (Å²) in [6.07, 6.45) is 12.9. The largest absolute Gasteiger partial charge is 0.327 e. The molecule has 0 radical (unpaired) electrons. The molecule has 2 N–H and O–H groups in total. The molecule has 0 aliphatic carbocycles. The summed E-state index contributed by atoms with van der Waals surface area (Å²) in [5.41, 5.74) is 6.22. The van der Waals surface area contributed by atoms with Crippen molar-refractivity contribution in [3.05, 3.63) is 12.2 Å². The Balaban J connectivity index is 2.14. The zero-order valence-corrected chi connectivity index (χ0v) is 13.5. The van der Waals surface area contributed by atoms with Crippen LogP contribution in [0.1, 0.15) is 84.0 Å². The average Bonchev–Trinajstić information content (AvgIpc) is 2.86. The van der Waals surface area contributed by atoms with Gasteiger partial charge in [0.25, 0.3) is 0 Å². The van der Waals surface area contributed by atoms with Crippen LogP contribution in [0.15, 0.2) is 6.33 Å². The van der Waals surface area contributed by atoms with Crippen LogP contribution in [-0.4, -0.2) is 20.8 Å². The molecule has 20 heavy (non-hydrogen) atoms. The van der Waals surface area contributed by atoms with Gasteiger partial charge in [-0.1, -0.05) is 51.9 Å². The van der Waals surface area contributed by atoms with Crippen LogP contribution in [0.2, 0.25) is 0 Å². The molecule has 0 bridgehead atoms. The Labute approximate surface area is 124 Å². The Bertz CT molecular complexity index is 346. The average molecular weight is 280 g/mol. The molecule has 0 aliphatic heterocycles. The maximum atomic E-state index is 6.22. The van der Waals surface area contributed by atoms with Gasteiger partial charge in [-0.05, 0) is 20.3 Å². The van der Waals surface area contributed by atoms with Crippen molar-refractivity contribution < 1.29 is 0 Å². The maximum absolute atomic E-state index is 6.22. The summed E-state index contributed by atoms with van der Waals surface area (Å²) in [5, 5.41) is 4.26. The number of unbranched alkanes of at least 4 members (excludes halogenated alkanes) is 6. The van der Waals surface area contributed by atoms with Crippen LogP contribution >= 0.6 is 0 Å². The SMILES string of the molecule is CCCCCCCCCC(N)Cc1ncnn1C(C)C. The molecule has 1 atom stereocenters. The van der Waals surface area contributed by atoms with Crippen LogP contribution in [0.5, 0.6) is 0 Å². The van der Waals surface area contributed by atoms with Crippen molar-refractivity contribution in [3.63, 3.8) is 0 Å². The van der Waals surface area contributed by atoms with Crippen LogP contribution < -0.4 is 5.73 Å². The third-order valence-corrected chi connectivity index (χ3v) is 3.76. The minimum atomic E-state index is 0.215. The molecule has 116 valence electrons. The minimum Gasteiger partial charge on any atom is -0.327 e. The molecule has 0 saturated heterocycles. The number of hydrogen-bond donors (Lipinski definition) is 1. The van der Waals surface area contributed by atoms with Gasteiger partial charge in [-0.2, -0.15) is 5.10 Å². The van der Waals surface area contributed by atoms with Gasteiger partial charge < -0.3 is 5.73 Å². The van der Waals surface area contributed by atoms with Gasteiger partial charge >= 0.3 is 0 Å². The molecular weight excluding hydrogens is 248 g/mol. The van der Waals surface area contributed by atoms with E-state index in [1.165, 1.54) is 44.9 Å². The van der Waals surface area contributed by atoms with E-state index in [0.717, 1.165) is 18.7 Å². The summed E-state index contributed by atoms with van der Waals surface area (Å²) in [5.74, 6) is 1.02. The number of nitrogens with two attached hydrogens (primary N) is 1. The quantitative estimate of drug-likeness (QED) is 0.626. The van der Waals surface area contributed by atoms with Crippen LogP contribution in [0.4, 0.5) is 0 Å². The van der Waals surface area contributed by atoms with Crippen molar-refractivity contribution in [1.82, 2.24) is 14.8 Å². The lowest BCUT2D eigenvalue weighted by Gasteiger charge is -2.13. The highest BCUT2D eigenvalue weighted by Crippen LogP contribution is 2.12. The summed E-state index contributed by atoms with van der Waals surface area (Å²) in [6, 6.07) is 0.575. The summed E-state index contributed by atoms with van der Waals surface area (Å²) in [6.45, 7) is 6.51. The van der Waals surface area contributed by atoms with Crippen molar-refractivity contribution in [1.29, 1.82) is 0 Å². The molecule has 0 amide bonds. The lowest BCUT2D eigenvalue weighted by molar-refractivity contribution is 0.473. The van der Waals surface area contributed by atoms with Gasteiger partial charge in [-0.15, -0.1) is 0 Å². The topological polar surface area (TPSA) is 56.7 Å². The monoisotopic (exact) mass is 280 g/mol. The Morgan fingerprint density at radius 1 is 1.10 bits per heavy atom. The van der Waals surface area contributed by atoms with E-state index in [0.29, 0.717) is 6.04 Å². The molecule has 1 rings (SSSR count). The standard InChI is InChI=1S/C16H32N4/c1-4-5-6-7-8-9-10-11-15(17)12-16-18-13-19-20(16)14(2)3/h13-15H,4-12,17H2,1-3H3. The Hall–Kier alpha value is -0.900. The van der Waals surface area contributed by atoms with Crippen molar-refractivity contribution in [2.75, 3.05) is 0 Å². The molecular formula is C16H32N4. The lowest BCUT2D eigenvalue weighted by atomic mass is 10.0. The van der Waals surface area contributed by atoms with Crippen LogP contribution in [0.3, 0.4) is 0 Å². The molecule has 1 heterocycles. The van der Waals surface area contributed by atoms with Gasteiger partial charge in [0, 0.05) is 18.5 Å². The zero-order chi connectivity index (χ0) is 14.8. The molecule has 4 nitrogen and oxygen atoms in total. The van der Waals surface area contributed by atoms with Gasteiger partial charge in [0.15, 0.2) is 0 Å². The minimum absolute atomic E-state index is 0.215. The highest BCUT2D eigenvalue weighted by molar-refractivity contribution is 4.90. The van der Waals surface area contributed by atoms with Crippen molar-refractivity contribution >= 4 is 0 Å². The first kappa shape index (κ1) is 17.2. The summed E-state index contributed by atoms with van der Waals surface area (Å²) >= 11 is 0. The van der Waals surface area contributed by atoms with Gasteiger partial charge in [0.05, 0.1) is 0 Å². The fourth-order valence-electron chi connectivity index (χ4n) is 2.55. The van der Waals surface area contributed by atoms with Crippen molar-refractivity contribution in [2.45, 2.75) is 90.6 Å². The first-order valence-electron chi connectivity index (χ1n) is 8.29. The van der Waals surface area contributed by atoms with Gasteiger partial charge in [0.2, 0.25) is 0 Å². The smallest absolute Gasteiger partial charge is 0.138 e. The van der Waals surface area contributed by atoms with E-state index in [9.17, 15) is 0 Å². The predicted octanol–water partition coefficient (Wildman–Crippen LogP) is 3.87. The van der Waals surface area contributed by atoms with E-state index in [2.05, 4.69) is 30.9 Å². The van der Waals surface area contributed by atoms with E-state index >= 15 is 0 Å². The third kappa shape index (κ3) is 6.51. The number of rotatable bonds is 11. The normalized spacial score (nSPS) is 13.1. The fourth-order valence-corrected chi connectivity index (χ4v) is 2.55. The molecule has 0 saturated carbocycles. The molecule has 4 heteroatoms. The first-order chi connectivity index (χ1) is 9.65. The second-order valence-corrected chi connectivity index (χ2v) is 6.09. The molecule has 0 spiro atoms. The predicted molar refractivity (Wildman–Crippen MR) is 84.7 cm³/mol. The number of nitrogens with zero attached hydrogens (tertiary/aromatic N) is 3. The maximum Gasteiger partial charge on any atom is 0.138 e. The fraction of sp³-hybridized carbons (Fsp3) is 0.875. The number of aromatic nitrogens is 3. The summed E-state index contributed by atoms with van der Waals surface area (Å²) in [7, 11) is 0. The number of hydrogen-bond acceptors (Lipinski definition) is 3. The van der Waals surface area contributed by atoms with E-state index in [1.807, 2.05) is 4.68 Å². The van der Waals surface area contributed by atoms with Gasteiger partial charge in [-0.25, -0.2) is 9.67 Å². The van der Waals surface area contributed by atoms with E-state index < -0.39 is 0 Å². The second kappa shape index (κ2) is 9.92. The Morgan fingerprint density at radius 2 is 1.75 bits per heavy atom. The van der Waals surface area contributed by atoms with E-state index in [-0.39, 0.29) is 6.04 Å². The zero-order valence-electron chi connectivity index (χ0n) is 13.5. The molecule has 0 fully saturated rings. The van der Waals surface area contributed by atoms with Crippen LogP contribution in [0.25, 0.3) is 0 Å². The summed E-state index contributed by atoms with van der Waals surface area (Å²) < 4.78 is 1.98.